The molecule has 0 amide bonds. The van der Waals surface area contributed by atoms with Crippen LogP contribution in [0.4, 0.5) is 0 Å². The van der Waals surface area contributed by atoms with Crippen LogP contribution < -0.4 is 5.32 Å². The molecule has 1 rings (SSSR count). The van der Waals surface area contributed by atoms with Crippen molar-refractivity contribution < 1.29 is 14.6 Å². The van der Waals surface area contributed by atoms with Gasteiger partial charge in [-0.2, -0.15) is 0 Å². The largest absolute Gasteiger partial charge is 0.481 e. The molecule has 0 saturated heterocycles. The lowest BCUT2D eigenvalue weighted by Gasteiger charge is -2.14. The predicted octanol–water partition coefficient (Wildman–Crippen LogP) is 1.51. The van der Waals surface area contributed by atoms with E-state index in [0.717, 1.165) is 5.56 Å². The molecule has 1 aromatic rings. The number of hydrogen-bond donors (Lipinski definition) is 2. The third kappa shape index (κ3) is 6.04. The number of aliphatic carboxylic acids is 1. The van der Waals surface area contributed by atoms with Gasteiger partial charge in [-0.1, -0.05) is 30.3 Å². The van der Waals surface area contributed by atoms with Crippen LogP contribution in [0.1, 0.15) is 12.0 Å². The van der Waals surface area contributed by atoms with Crippen LogP contribution in [0.15, 0.2) is 30.3 Å². The Kier molecular flexibility index (Phi) is 6.29. The van der Waals surface area contributed by atoms with Gasteiger partial charge in [0.05, 0.1) is 19.6 Å². The van der Waals surface area contributed by atoms with Gasteiger partial charge in [-0.3, -0.25) is 4.79 Å². The molecule has 1 atom stereocenters. The molecule has 0 heterocycles. The SMILES string of the molecule is CNCC(COCc1ccccc1)CC(=O)O. The Morgan fingerprint density at radius 3 is 2.71 bits per heavy atom. The van der Waals surface area contributed by atoms with Gasteiger partial charge in [0.15, 0.2) is 0 Å². The maximum Gasteiger partial charge on any atom is 0.303 e. The smallest absolute Gasteiger partial charge is 0.303 e. The Morgan fingerprint density at radius 1 is 1.41 bits per heavy atom. The van der Waals surface area contributed by atoms with E-state index in [1.54, 1.807) is 0 Å². The van der Waals surface area contributed by atoms with E-state index in [1.165, 1.54) is 0 Å². The Labute approximate surface area is 102 Å². The van der Waals surface area contributed by atoms with Gasteiger partial charge in [0.25, 0.3) is 0 Å². The summed E-state index contributed by atoms with van der Waals surface area (Å²) in [5, 5.41) is 11.7. The highest BCUT2D eigenvalue weighted by Gasteiger charge is 2.12. The van der Waals surface area contributed by atoms with E-state index in [0.29, 0.717) is 19.8 Å². The summed E-state index contributed by atoms with van der Waals surface area (Å²) in [6.45, 7) is 1.64. The number of hydrogen-bond acceptors (Lipinski definition) is 3. The molecule has 0 saturated carbocycles. The van der Waals surface area contributed by atoms with Crippen molar-refractivity contribution in [1.82, 2.24) is 5.32 Å². The predicted molar refractivity (Wildman–Crippen MR) is 65.8 cm³/mol. The number of ether oxygens (including phenoxy) is 1. The lowest BCUT2D eigenvalue weighted by molar-refractivity contribution is -0.138. The molecule has 0 aliphatic carbocycles. The first-order valence-corrected chi connectivity index (χ1v) is 5.70. The van der Waals surface area contributed by atoms with Crippen molar-refractivity contribution in [3.05, 3.63) is 35.9 Å². The van der Waals surface area contributed by atoms with Gasteiger partial charge in [-0.05, 0) is 12.6 Å². The molecule has 4 nitrogen and oxygen atoms in total. The van der Waals surface area contributed by atoms with Crippen molar-refractivity contribution in [3.63, 3.8) is 0 Å². The number of rotatable bonds is 8. The molecule has 0 radical (unpaired) electrons. The third-order valence-corrected chi connectivity index (χ3v) is 2.42. The summed E-state index contributed by atoms with van der Waals surface area (Å²) < 4.78 is 5.53. The van der Waals surface area contributed by atoms with Crippen molar-refractivity contribution in [2.24, 2.45) is 5.92 Å². The molecule has 17 heavy (non-hydrogen) atoms. The number of carboxylic acids is 1. The second-order valence-corrected chi connectivity index (χ2v) is 4.02. The van der Waals surface area contributed by atoms with Crippen LogP contribution in [0, 0.1) is 5.92 Å². The summed E-state index contributed by atoms with van der Waals surface area (Å²) in [7, 11) is 1.81. The minimum Gasteiger partial charge on any atom is -0.481 e. The number of nitrogens with one attached hydrogen (secondary N) is 1. The molecule has 94 valence electrons. The van der Waals surface area contributed by atoms with Gasteiger partial charge in [0, 0.05) is 12.5 Å². The zero-order valence-electron chi connectivity index (χ0n) is 10.1. The molecule has 0 spiro atoms. The first kappa shape index (κ1) is 13.7. The Morgan fingerprint density at radius 2 is 2.12 bits per heavy atom. The minimum absolute atomic E-state index is 0.0150. The highest BCUT2D eigenvalue weighted by Crippen LogP contribution is 2.06. The van der Waals surface area contributed by atoms with Gasteiger partial charge in [0.1, 0.15) is 0 Å². The van der Waals surface area contributed by atoms with Gasteiger partial charge >= 0.3 is 5.97 Å². The Bertz CT molecular complexity index is 327. The Hall–Kier alpha value is -1.39. The quantitative estimate of drug-likeness (QED) is 0.719. The van der Waals surface area contributed by atoms with Gasteiger partial charge < -0.3 is 15.2 Å². The van der Waals surface area contributed by atoms with E-state index >= 15 is 0 Å². The first-order valence-electron chi connectivity index (χ1n) is 5.70. The first-order chi connectivity index (χ1) is 8.22. The van der Waals surface area contributed by atoms with Crippen LogP contribution in [0.25, 0.3) is 0 Å². The van der Waals surface area contributed by atoms with E-state index in [9.17, 15) is 4.79 Å². The van der Waals surface area contributed by atoms with Gasteiger partial charge in [-0.15, -0.1) is 0 Å². The fourth-order valence-corrected chi connectivity index (χ4v) is 1.64. The summed E-state index contributed by atoms with van der Waals surface area (Å²) in [4.78, 5) is 10.6. The van der Waals surface area contributed by atoms with Crippen molar-refractivity contribution in [3.8, 4) is 0 Å². The molecular weight excluding hydrogens is 218 g/mol. The fourth-order valence-electron chi connectivity index (χ4n) is 1.64. The molecule has 1 aromatic carbocycles. The summed E-state index contributed by atoms with van der Waals surface area (Å²) in [5.74, 6) is -0.769. The average Bonchev–Trinajstić information content (AvgIpc) is 2.30. The monoisotopic (exact) mass is 237 g/mol. The summed E-state index contributed by atoms with van der Waals surface area (Å²) >= 11 is 0. The van der Waals surface area contributed by atoms with E-state index in [-0.39, 0.29) is 12.3 Å². The summed E-state index contributed by atoms with van der Waals surface area (Å²) in [6, 6.07) is 9.86. The molecule has 1 unspecified atom stereocenters. The molecule has 0 aliphatic rings. The lowest BCUT2D eigenvalue weighted by Crippen LogP contribution is -2.25. The molecule has 0 fully saturated rings. The van der Waals surface area contributed by atoms with Gasteiger partial charge in [-0.25, -0.2) is 0 Å². The topological polar surface area (TPSA) is 58.6 Å². The average molecular weight is 237 g/mol. The second kappa shape index (κ2) is 7.81. The van der Waals surface area contributed by atoms with Crippen molar-refractivity contribution in [1.29, 1.82) is 0 Å². The third-order valence-electron chi connectivity index (χ3n) is 2.42. The van der Waals surface area contributed by atoms with E-state index in [1.807, 2.05) is 37.4 Å². The van der Waals surface area contributed by atoms with Crippen LogP contribution in [0.5, 0.6) is 0 Å². The van der Waals surface area contributed by atoms with Crippen LogP contribution in [-0.4, -0.2) is 31.3 Å². The summed E-state index contributed by atoms with van der Waals surface area (Å²) in [5.41, 5.74) is 1.10. The second-order valence-electron chi connectivity index (χ2n) is 4.02. The molecule has 4 heteroatoms. The van der Waals surface area contributed by atoms with Crippen molar-refractivity contribution in [2.75, 3.05) is 20.2 Å². The number of benzene rings is 1. The molecule has 0 aromatic heterocycles. The zero-order chi connectivity index (χ0) is 12.5. The normalized spacial score (nSPS) is 12.3. The number of carboxylic acid groups (broad SMARTS) is 1. The van der Waals surface area contributed by atoms with Crippen molar-refractivity contribution >= 4 is 5.97 Å². The highest BCUT2D eigenvalue weighted by atomic mass is 16.5. The fraction of sp³-hybridized carbons (Fsp3) is 0.462. The lowest BCUT2D eigenvalue weighted by atomic mass is 10.1. The van der Waals surface area contributed by atoms with E-state index in [4.69, 9.17) is 9.84 Å². The van der Waals surface area contributed by atoms with Crippen molar-refractivity contribution in [2.45, 2.75) is 13.0 Å². The zero-order valence-corrected chi connectivity index (χ0v) is 10.1. The molecule has 2 N–H and O–H groups in total. The van der Waals surface area contributed by atoms with Crippen LogP contribution in [0.2, 0.25) is 0 Å². The molecule has 0 aliphatic heterocycles. The van der Waals surface area contributed by atoms with E-state index < -0.39 is 5.97 Å². The van der Waals surface area contributed by atoms with Gasteiger partial charge in [0.2, 0.25) is 0 Å². The van der Waals surface area contributed by atoms with Crippen LogP contribution in [0.3, 0.4) is 0 Å². The minimum atomic E-state index is -0.784. The van der Waals surface area contributed by atoms with E-state index in [2.05, 4.69) is 5.32 Å². The maximum absolute atomic E-state index is 10.6. The maximum atomic E-state index is 10.6. The molecular formula is C13H19NO3. The van der Waals surface area contributed by atoms with Crippen LogP contribution >= 0.6 is 0 Å². The standard InChI is InChI=1S/C13H19NO3/c1-14-8-12(7-13(15)16)10-17-9-11-5-3-2-4-6-11/h2-6,12,14H,7-10H2,1H3,(H,15,16). The molecule has 0 bridgehead atoms. The Balaban J connectivity index is 2.29. The van der Waals surface area contributed by atoms with Crippen LogP contribution in [-0.2, 0) is 16.1 Å². The summed E-state index contributed by atoms with van der Waals surface area (Å²) in [6.07, 6.45) is 0.135. The highest BCUT2D eigenvalue weighted by molar-refractivity contribution is 5.67. The number of carbonyl (C=O) groups is 1.